The molecule has 1 atom stereocenters. The van der Waals surface area contributed by atoms with Gasteiger partial charge in [0.15, 0.2) is 0 Å². The second kappa shape index (κ2) is 2.42. The minimum Gasteiger partial charge on any atom is -0.466 e. The van der Waals surface area contributed by atoms with Crippen LogP contribution >= 0.6 is 0 Å². The smallest absolute Gasteiger partial charge is 0.315 e. The third-order valence-corrected chi connectivity index (χ3v) is 3.26. The van der Waals surface area contributed by atoms with E-state index in [1.807, 2.05) is 0 Å². The number of carbonyl (C=O) groups excluding carboxylic acids is 1. The number of ether oxygens (including phenoxy) is 1. The first kappa shape index (κ1) is 8.91. The Kier molecular flexibility index (Phi) is 1.66. The Morgan fingerprint density at radius 1 is 1.54 bits per heavy atom. The van der Waals surface area contributed by atoms with Crippen molar-refractivity contribution in [3.05, 3.63) is 0 Å². The van der Waals surface area contributed by atoms with Crippen LogP contribution in [0.5, 0.6) is 0 Å². The fraction of sp³-hybridized carbons (Fsp3) is 0.889. The highest BCUT2D eigenvalue weighted by molar-refractivity contribution is 5.80. The van der Waals surface area contributed by atoms with Gasteiger partial charge in [0.2, 0.25) is 0 Å². The molecule has 2 aliphatic rings. The Hall–Kier alpha value is -0.670. The van der Waals surface area contributed by atoms with Crippen LogP contribution in [-0.2, 0) is 9.53 Å². The molecule has 0 bridgehead atoms. The van der Waals surface area contributed by atoms with Gasteiger partial charge in [-0.2, -0.15) is 0 Å². The number of hydrogen-bond acceptors (Lipinski definition) is 2. The molecule has 13 heavy (non-hydrogen) atoms. The fourth-order valence-corrected chi connectivity index (χ4v) is 2.29. The molecule has 0 aromatic heterocycles. The maximum atomic E-state index is 13.2. The van der Waals surface area contributed by atoms with Gasteiger partial charge in [0.25, 0.3) is 5.92 Å². The highest BCUT2D eigenvalue weighted by atomic mass is 19.3. The molecule has 4 heteroatoms. The van der Waals surface area contributed by atoms with Crippen molar-refractivity contribution in [1.82, 2.24) is 0 Å². The van der Waals surface area contributed by atoms with Gasteiger partial charge >= 0.3 is 5.97 Å². The van der Waals surface area contributed by atoms with E-state index in [-0.39, 0.29) is 6.61 Å². The summed E-state index contributed by atoms with van der Waals surface area (Å²) in [5, 5.41) is 0. The molecule has 2 nitrogen and oxygen atoms in total. The van der Waals surface area contributed by atoms with Crippen LogP contribution in [0.2, 0.25) is 0 Å². The summed E-state index contributed by atoms with van der Waals surface area (Å²) in [4.78, 5) is 11.1. The van der Waals surface area contributed by atoms with E-state index in [1.165, 1.54) is 0 Å². The van der Waals surface area contributed by atoms with Gasteiger partial charge in [0.1, 0.15) is 5.92 Å². The third-order valence-electron chi connectivity index (χ3n) is 3.26. The molecule has 0 aromatic carbocycles. The molecule has 0 N–H and O–H groups in total. The van der Waals surface area contributed by atoms with Crippen molar-refractivity contribution in [1.29, 1.82) is 0 Å². The molecule has 0 aliphatic heterocycles. The molecule has 0 aromatic rings. The lowest BCUT2D eigenvalue weighted by Gasteiger charge is -2.25. The summed E-state index contributed by atoms with van der Waals surface area (Å²) in [6, 6.07) is 0. The highest BCUT2D eigenvalue weighted by Crippen LogP contribution is 2.75. The van der Waals surface area contributed by atoms with E-state index < -0.39 is 23.2 Å². The zero-order valence-electron chi connectivity index (χ0n) is 7.48. The van der Waals surface area contributed by atoms with E-state index in [1.54, 1.807) is 6.92 Å². The Labute approximate surface area is 75.3 Å². The van der Waals surface area contributed by atoms with E-state index in [9.17, 15) is 13.6 Å². The quantitative estimate of drug-likeness (QED) is 0.622. The molecular formula is C9H12F2O2. The van der Waals surface area contributed by atoms with Gasteiger partial charge in [0.05, 0.1) is 12.0 Å². The Morgan fingerprint density at radius 3 is 2.46 bits per heavy atom. The fourth-order valence-electron chi connectivity index (χ4n) is 2.29. The van der Waals surface area contributed by atoms with Crippen LogP contribution in [0.3, 0.4) is 0 Å². The lowest BCUT2D eigenvalue weighted by molar-refractivity contribution is -0.147. The van der Waals surface area contributed by atoms with E-state index in [0.29, 0.717) is 12.8 Å². The predicted molar refractivity (Wildman–Crippen MR) is 41.4 cm³/mol. The van der Waals surface area contributed by atoms with Crippen molar-refractivity contribution < 1.29 is 18.3 Å². The lowest BCUT2D eigenvalue weighted by atomic mass is 9.79. The molecule has 2 saturated carbocycles. The second-order valence-corrected chi connectivity index (χ2v) is 3.82. The first-order chi connectivity index (χ1) is 6.06. The van der Waals surface area contributed by atoms with Gasteiger partial charge in [-0.15, -0.1) is 0 Å². The first-order valence-electron chi connectivity index (χ1n) is 4.61. The minimum atomic E-state index is -2.79. The zero-order chi connectivity index (χ0) is 9.69. The van der Waals surface area contributed by atoms with E-state index in [0.717, 1.165) is 6.42 Å². The monoisotopic (exact) mass is 190 g/mol. The van der Waals surface area contributed by atoms with Gasteiger partial charge in [-0.1, -0.05) is 6.42 Å². The molecule has 0 saturated heterocycles. The third kappa shape index (κ3) is 0.888. The number of rotatable bonds is 2. The molecular weight excluding hydrogens is 178 g/mol. The lowest BCUT2D eigenvalue weighted by Crippen LogP contribution is -2.21. The van der Waals surface area contributed by atoms with Crippen molar-refractivity contribution >= 4 is 5.97 Å². The van der Waals surface area contributed by atoms with E-state index in [4.69, 9.17) is 0 Å². The number of esters is 1. The van der Waals surface area contributed by atoms with E-state index >= 15 is 0 Å². The van der Waals surface area contributed by atoms with Crippen LogP contribution < -0.4 is 0 Å². The van der Waals surface area contributed by atoms with Gasteiger partial charge in [-0.25, -0.2) is 8.78 Å². The Morgan fingerprint density at radius 2 is 2.15 bits per heavy atom. The second-order valence-electron chi connectivity index (χ2n) is 3.82. The Balaban J connectivity index is 2.06. The topological polar surface area (TPSA) is 26.3 Å². The minimum absolute atomic E-state index is 0.182. The maximum Gasteiger partial charge on any atom is 0.315 e. The molecule has 1 spiro atoms. The zero-order valence-corrected chi connectivity index (χ0v) is 7.48. The molecule has 0 amide bonds. The van der Waals surface area contributed by atoms with Crippen molar-refractivity contribution in [2.45, 2.75) is 32.1 Å². The number of alkyl halides is 2. The summed E-state index contributed by atoms with van der Waals surface area (Å²) in [6.07, 6.45) is 1.76. The molecule has 0 radical (unpaired) electrons. The van der Waals surface area contributed by atoms with Crippen molar-refractivity contribution in [3.8, 4) is 0 Å². The largest absolute Gasteiger partial charge is 0.466 e. The van der Waals surface area contributed by atoms with Gasteiger partial charge in [-0.05, 0) is 19.8 Å². The van der Waals surface area contributed by atoms with Crippen LogP contribution in [0, 0.1) is 11.3 Å². The van der Waals surface area contributed by atoms with Crippen LogP contribution in [0.25, 0.3) is 0 Å². The van der Waals surface area contributed by atoms with Crippen LogP contribution in [0.15, 0.2) is 0 Å². The van der Waals surface area contributed by atoms with Crippen molar-refractivity contribution in [2.24, 2.45) is 11.3 Å². The standard InChI is InChI=1S/C9H12F2O2/c1-2-13-7(12)6-8(4-3-5-8)9(6,10)11/h6H,2-5H2,1H3. The summed E-state index contributed by atoms with van der Waals surface area (Å²) >= 11 is 0. The summed E-state index contributed by atoms with van der Waals surface area (Å²) in [7, 11) is 0. The number of halogens is 2. The van der Waals surface area contributed by atoms with Crippen molar-refractivity contribution in [3.63, 3.8) is 0 Å². The summed E-state index contributed by atoms with van der Waals surface area (Å²) in [5.41, 5.74) is -1.00. The molecule has 2 fully saturated rings. The van der Waals surface area contributed by atoms with Gasteiger partial charge < -0.3 is 4.74 Å². The SMILES string of the molecule is CCOC(=O)C1C(F)(F)C12CCC2. The average Bonchev–Trinajstić information content (AvgIpc) is 2.47. The molecule has 1 unspecified atom stereocenters. The van der Waals surface area contributed by atoms with Gasteiger partial charge in [0, 0.05) is 0 Å². The normalized spacial score (nSPS) is 32.4. The molecule has 74 valence electrons. The molecule has 2 aliphatic carbocycles. The summed E-state index contributed by atoms with van der Waals surface area (Å²) < 4.78 is 31.0. The van der Waals surface area contributed by atoms with Crippen molar-refractivity contribution in [2.75, 3.05) is 6.61 Å². The first-order valence-corrected chi connectivity index (χ1v) is 4.61. The number of carbonyl (C=O) groups is 1. The van der Waals surface area contributed by atoms with Crippen LogP contribution in [0.1, 0.15) is 26.2 Å². The van der Waals surface area contributed by atoms with Gasteiger partial charge in [-0.3, -0.25) is 4.79 Å². The maximum absolute atomic E-state index is 13.2. The summed E-state index contributed by atoms with van der Waals surface area (Å²) in [5.74, 6) is -4.65. The van der Waals surface area contributed by atoms with E-state index in [2.05, 4.69) is 4.74 Å². The molecule has 2 rings (SSSR count). The Bertz CT molecular complexity index is 246. The van der Waals surface area contributed by atoms with Crippen LogP contribution in [-0.4, -0.2) is 18.5 Å². The highest BCUT2D eigenvalue weighted by Gasteiger charge is 2.85. The summed E-state index contributed by atoms with van der Waals surface area (Å²) in [6.45, 7) is 1.81. The predicted octanol–water partition coefficient (Wildman–Crippen LogP) is 1.98. The molecule has 0 heterocycles. The average molecular weight is 190 g/mol. The van der Waals surface area contributed by atoms with Crippen LogP contribution in [0.4, 0.5) is 8.78 Å². The number of hydrogen-bond donors (Lipinski definition) is 0.